The maximum atomic E-state index is 9.79. The van der Waals surface area contributed by atoms with Crippen LogP contribution in [-0.4, -0.2) is 5.11 Å². The van der Waals surface area contributed by atoms with Crippen LogP contribution >= 0.6 is 15.9 Å². The molecule has 0 amide bonds. The second-order valence-corrected chi connectivity index (χ2v) is 3.82. The van der Waals surface area contributed by atoms with Crippen LogP contribution in [0, 0.1) is 18.8 Å². The van der Waals surface area contributed by atoms with Gasteiger partial charge < -0.3 is 9.52 Å². The first kappa shape index (κ1) is 11.4. The smallest absolute Gasteiger partial charge is 0.169 e. The molecule has 3 heteroatoms. The van der Waals surface area contributed by atoms with E-state index >= 15 is 0 Å². The normalized spacial score (nSPS) is 12.0. The third-order valence-corrected chi connectivity index (χ3v) is 2.40. The maximum absolute atomic E-state index is 9.79. The fourth-order valence-electron chi connectivity index (χ4n) is 1.28. The average molecular weight is 257 g/mol. The van der Waals surface area contributed by atoms with Crippen LogP contribution in [0.1, 0.15) is 37.2 Å². The summed E-state index contributed by atoms with van der Waals surface area (Å²) < 4.78 is 5.92. The van der Waals surface area contributed by atoms with Gasteiger partial charge in [0.1, 0.15) is 5.76 Å². The van der Waals surface area contributed by atoms with Crippen LogP contribution in [0.5, 0.6) is 0 Å². The molecule has 0 saturated heterocycles. The molecule has 1 rings (SSSR count). The molecule has 0 saturated carbocycles. The Kier molecular flexibility index (Phi) is 4.24. The summed E-state index contributed by atoms with van der Waals surface area (Å²) in [6.45, 7) is 3.64. The van der Waals surface area contributed by atoms with E-state index < -0.39 is 6.10 Å². The lowest BCUT2D eigenvalue weighted by Crippen LogP contribution is -1.96. The lowest BCUT2D eigenvalue weighted by Gasteiger charge is -2.06. The van der Waals surface area contributed by atoms with Crippen LogP contribution in [0.2, 0.25) is 0 Å². The summed E-state index contributed by atoms with van der Waals surface area (Å²) in [4.78, 5) is 0. The van der Waals surface area contributed by atoms with Crippen molar-refractivity contribution in [2.45, 2.75) is 32.8 Å². The van der Waals surface area contributed by atoms with Crippen molar-refractivity contribution in [2.24, 2.45) is 0 Å². The van der Waals surface area contributed by atoms with E-state index in [2.05, 4.69) is 27.8 Å². The van der Waals surface area contributed by atoms with Gasteiger partial charge in [0.2, 0.25) is 0 Å². The number of halogens is 1. The highest BCUT2D eigenvalue weighted by Gasteiger charge is 2.13. The standard InChI is InChI=1S/C11H13BrO2/c1-3-4-5-6-10(13)9-7-11(12)14-8(9)2/h7,10,13H,5-6H2,1-2H3. The molecule has 1 unspecified atom stereocenters. The first-order chi connectivity index (χ1) is 6.65. The van der Waals surface area contributed by atoms with Crippen LogP contribution in [-0.2, 0) is 0 Å². The summed E-state index contributed by atoms with van der Waals surface area (Å²) in [5.41, 5.74) is 0.842. The van der Waals surface area contributed by atoms with E-state index in [0.29, 0.717) is 17.5 Å². The van der Waals surface area contributed by atoms with Crippen molar-refractivity contribution in [1.29, 1.82) is 0 Å². The highest BCUT2D eigenvalue weighted by atomic mass is 79.9. The van der Waals surface area contributed by atoms with Crippen molar-refractivity contribution in [3.63, 3.8) is 0 Å². The predicted molar refractivity (Wildman–Crippen MR) is 58.8 cm³/mol. The Morgan fingerprint density at radius 1 is 1.64 bits per heavy atom. The third kappa shape index (κ3) is 2.90. The fraction of sp³-hybridized carbons (Fsp3) is 0.455. The minimum atomic E-state index is -0.481. The zero-order valence-electron chi connectivity index (χ0n) is 8.30. The Hall–Kier alpha value is -0.720. The van der Waals surface area contributed by atoms with E-state index in [9.17, 15) is 5.11 Å². The SMILES string of the molecule is CC#CCCC(O)c1cc(Br)oc1C. The molecular weight excluding hydrogens is 244 g/mol. The van der Waals surface area contributed by atoms with Crippen molar-refractivity contribution in [3.8, 4) is 11.8 Å². The third-order valence-electron chi connectivity index (χ3n) is 2.00. The zero-order valence-corrected chi connectivity index (χ0v) is 9.89. The minimum absolute atomic E-state index is 0.481. The number of aryl methyl sites for hydroxylation is 1. The van der Waals surface area contributed by atoms with E-state index in [4.69, 9.17) is 4.42 Å². The van der Waals surface area contributed by atoms with Gasteiger partial charge in [0.15, 0.2) is 4.67 Å². The summed E-state index contributed by atoms with van der Waals surface area (Å²) in [7, 11) is 0. The van der Waals surface area contributed by atoms with Gasteiger partial charge in [-0.05, 0) is 42.3 Å². The molecule has 0 fully saturated rings. The Morgan fingerprint density at radius 2 is 2.36 bits per heavy atom. The first-order valence-corrected chi connectivity index (χ1v) is 5.28. The molecule has 0 spiro atoms. The molecule has 1 heterocycles. The highest BCUT2D eigenvalue weighted by molar-refractivity contribution is 9.10. The number of rotatable bonds is 3. The monoisotopic (exact) mass is 256 g/mol. The molecule has 1 atom stereocenters. The predicted octanol–water partition coefficient (Wildman–Crippen LogP) is 3.19. The van der Waals surface area contributed by atoms with Gasteiger partial charge in [-0.1, -0.05) is 0 Å². The van der Waals surface area contributed by atoms with Crippen molar-refractivity contribution in [2.75, 3.05) is 0 Å². The van der Waals surface area contributed by atoms with Crippen LogP contribution in [0.3, 0.4) is 0 Å². The molecule has 0 bridgehead atoms. The average Bonchev–Trinajstić information content (AvgIpc) is 2.45. The van der Waals surface area contributed by atoms with Gasteiger partial charge in [-0.3, -0.25) is 0 Å². The van der Waals surface area contributed by atoms with Crippen LogP contribution in [0.4, 0.5) is 0 Å². The van der Waals surface area contributed by atoms with Crippen LogP contribution in [0.25, 0.3) is 0 Å². The number of hydrogen-bond acceptors (Lipinski definition) is 2. The molecule has 0 aliphatic heterocycles. The molecule has 0 radical (unpaired) electrons. The quantitative estimate of drug-likeness (QED) is 0.843. The minimum Gasteiger partial charge on any atom is -0.454 e. The maximum Gasteiger partial charge on any atom is 0.169 e. The van der Waals surface area contributed by atoms with Gasteiger partial charge in [0, 0.05) is 12.0 Å². The Labute approximate surface area is 92.4 Å². The lowest BCUT2D eigenvalue weighted by molar-refractivity contribution is 0.167. The van der Waals surface area contributed by atoms with E-state index in [1.54, 1.807) is 13.0 Å². The van der Waals surface area contributed by atoms with Crippen molar-refractivity contribution < 1.29 is 9.52 Å². The molecule has 0 aliphatic rings. The Morgan fingerprint density at radius 3 is 2.86 bits per heavy atom. The molecule has 14 heavy (non-hydrogen) atoms. The van der Waals surface area contributed by atoms with E-state index in [1.165, 1.54) is 0 Å². The summed E-state index contributed by atoms with van der Waals surface area (Å²) >= 11 is 3.23. The van der Waals surface area contributed by atoms with Gasteiger partial charge in [0.05, 0.1) is 6.10 Å². The highest BCUT2D eigenvalue weighted by Crippen LogP contribution is 2.27. The second kappa shape index (κ2) is 5.23. The van der Waals surface area contributed by atoms with Gasteiger partial charge in [0.25, 0.3) is 0 Å². The molecule has 1 aromatic rings. The van der Waals surface area contributed by atoms with Crippen molar-refractivity contribution >= 4 is 15.9 Å². The number of hydrogen-bond donors (Lipinski definition) is 1. The van der Waals surface area contributed by atoms with Crippen molar-refractivity contribution in [3.05, 3.63) is 22.1 Å². The largest absolute Gasteiger partial charge is 0.454 e. The van der Waals surface area contributed by atoms with Crippen LogP contribution < -0.4 is 0 Å². The lowest BCUT2D eigenvalue weighted by atomic mass is 10.1. The molecule has 2 nitrogen and oxygen atoms in total. The second-order valence-electron chi connectivity index (χ2n) is 3.04. The Bertz CT molecular complexity index is 357. The van der Waals surface area contributed by atoms with Crippen molar-refractivity contribution in [1.82, 2.24) is 0 Å². The number of furan rings is 1. The Balaban J connectivity index is 2.62. The summed E-state index contributed by atoms with van der Waals surface area (Å²) in [5, 5.41) is 9.79. The van der Waals surface area contributed by atoms with E-state index in [-0.39, 0.29) is 0 Å². The van der Waals surface area contributed by atoms with E-state index in [1.807, 2.05) is 6.92 Å². The molecule has 1 N–H and O–H groups in total. The molecular formula is C11H13BrO2. The molecule has 0 aromatic carbocycles. The topological polar surface area (TPSA) is 33.4 Å². The number of aliphatic hydroxyl groups excluding tert-OH is 1. The molecule has 0 aliphatic carbocycles. The first-order valence-electron chi connectivity index (χ1n) is 4.48. The fourth-order valence-corrected chi connectivity index (χ4v) is 1.77. The van der Waals surface area contributed by atoms with Gasteiger partial charge >= 0.3 is 0 Å². The van der Waals surface area contributed by atoms with Gasteiger partial charge in [-0.15, -0.1) is 11.8 Å². The van der Waals surface area contributed by atoms with Gasteiger partial charge in [-0.2, -0.15) is 0 Å². The summed E-state index contributed by atoms with van der Waals surface area (Å²) in [6.07, 6.45) is 0.874. The molecule has 76 valence electrons. The van der Waals surface area contributed by atoms with Gasteiger partial charge in [-0.25, -0.2) is 0 Å². The van der Waals surface area contributed by atoms with Crippen LogP contribution in [0.15, 0.2) is 15.2 Å². The van der Waals surface area contributed by atoms with E-state index in [0.717, 1.165) is 11.3 Å². The zero-order chi connectivity index (χ0) is 10.6. The summed E-state index contributed by atoms with van der Waals surface area (Å²) in [5.74, 6) is 6.48. The number of aliphatic hydroxyl groups is 1. The summed E-state index contributed by atoms with van der Waals surface area (Å²) in [6, 6.07) is 1.80. The molecule has 1 aromatic heterocycles.